The minimum Gasteiger partial charge on any atom is -0.465 e. The number of likely N-dealkylation sites (tertiary alicyclic amines) is 1. The Morgan fingerprint density at radius 2 is 1.94 bits per heavy atom. The van der Waals surface area contributed by atoms with E-state index in [-0.39, 0.29) is 0 Å². The Morgan fingerprint density at radius 3 is 2.53 bits per heavy atom. The molecule has 2 saturated heterocycles. The van der Waals surface area contributed by atoms with Crippen molar-refractivity contribution < 1.29 is 14.6 Å². The van der Waals surface area contributed by atoms with E-state index in [1.54, 1.807) is 0 Å². The molecule has 0 bridgehead atoms. The van der Waals surface area contributed by atoms with E-state index in [4.69, 9.17) is 9.84 Å². The van der Waals surface area contributed by atoms with Gasteiger partial charge in [0.15, 0.2) is 0 Å². The van der Waals surface area contributed by atoms with Gasteiger partial charge in [0, 0.05) is 38.1 Å². The summed E-state index contributed by atoms with van der Waals surface area (Å²) >= 11 is 0. The highest BCUT2D eigenvalue weighted by Crippen LogP contribution is 2.51. The highest BCUT2D eigenvalue weighted by Gasteiger charge is 2.53. The maximum Gasteiger partial charge on any atom is 0.407 e. The summed E-state index contributed by atoms with van der Waals surface area (Å²) in [7, 11) is 0. The predicted molar refractivity (Wildman–Crippen MR) is 62.0 cm³/mol. The number of rotatable bonds is 2. The van der Waals surface area contributed by atoms with Crippen molar-refractivity contribution in [2.24, 2.45) is 11.3 Å². The quantitative estimate of drug-likeness (QED) is 0.772. The van der Waals surface area contributed by atoms with Gasteiger partial charge >= 0.3 is 6.09 Å². The highest BCUT2D eigenvalue weighted by molar-refractivity contribution is 5.66. The summed E-state index contributed by atoms with van der Waals surface area (Å²) < 4.78 is 5.33. The topological polar surface area (TPSA) is 53.0 Å². The van der Waals surface area contributed by atoms with Crippen molar-refractivity contribution in [1.82, 2.24) is 9.80 Å². The molecule has 1 saturated carbocycles. The largest absolute Gasteiger partial charge is 0.465 e. The van der Waals surface area contributed by atoms with Gasteiger partial charge in [-0.2, -0.15) is 0 Å². The SMILES string of the molecule is O=C(O)N1CC2(CC(CN3CCOCC3)C2)C1. The maximum absolute atomic E-state index is 10.7. The fourth-order valence-electron chi connectivity index (χ4n) is 3.60. The zero-order valence-corrected chi connectivity index (χ0v) is 10.1. The minimum absolute atomic E-state index is 0.356. The molecule has 3 fully saturated rings. The summed E-state index contributed by atoms with van der Waals surface area (Å²) in [4.78, 5) is 14.7. The van der Waals surface area contributed by atoms with Gasteiger partial charge in [0.1, 0.15) is 0 Å². The third kappa shape index (κ3) is 2.13. The van der Waals surface area contributed by atoms with Crippen LogP contribution >= 0.6 is 0 Å². The molecular weight excluding hydrogens is 220 g/mol. The molecule has 3 rings (SSSR count). The van der Waals surface area contributed by atoms with Crippen molar-refractivity contribution in [2.45, 2.75) is 12.8 Å². The number of amides is 1. The van der Waals surface area contributed by atoms with Gasteiger partial charge < -0.3 is 14.7 Å². The molecule has 1 spiro atoms. The molecule has 1 aliphatic carbocycles. The van der Waals surface area contributed by atoms with E-state index >= 15 is 0 Å². The Morgan fingerprint density at radius 1 is 1.29 bits per heavy atom. The molecule has 1 N–H and O–H groups in total. The molecule has 96 valence electrons. The second kappa shape index (κ2) is 4.14. The normalized spacial score (nSPS) is 28.8. The minimum atomic E-state index is -0.757. The first-order valence-electron chi connectivity index (χ1n) is 6.45. The average Bonchev–Trinajstić information content (AvgIpc) is 2.20. The number of carboxylic acid groups (broad SMARTS) is 1. The van der Waals surface area contributed by atoms with Crippen LogP contribution in [0.15, 0.2) is 0 Å². The van der Waals surface area contributed by atoms with Crippen molar-refractivity contribution >= 4 is 6.09 Å². The molecule has 2 heterocycles. The van der Waals surface area contributed by atoms with E-state index in [0.717, 1.165) is 45.3 Å². The Hall–Kier alpha value is -0.810. The van der Waals surface area contributed by atoms with Crippen molar-refractivity contribution in [3.63, 3.8) is 0 Å². The van der Waals surface area contributed by atoms with Crippen LogP contribution in [0.3, 0.4) is 0 Å². The second-order valence-electron chi connectivity index (χ2n) is 5.83. The summed E-state index contributed by atoms with van der Waals surface area (Å²) in [5.74, 6) is 0.782. The van der Waals surface area contributed by atoms with Gasteiger partial charge in [-0.15, -0.1) is 0 Å². The van der Waals surface area contributed by atoms with Gasteiger partial charge in [0.2, 0.25) is 0 Å². The molecule has 17 heavy (non-hydrogen) atoms. The van der Waals surface area contributed by atoms with Gasteiger partial charge in [0.25, 0.3) is 0 Å². The number of hydrogen-bond donors (Lipinski definition) is 1. The Labute approximate surface area is 101 Å². The van der Waals surface area contributed by atoms with Crippen LogP contribution in [0, 0.1) is 11.3 Å². The number of nitrogens with zero attached hydrogens (tertiary/aromatic N) is 2. The summed E-state index contributed by atoms with van der Waals surface area (Å²) in [6.45, 7) is 6.56. The maximum atomic E-state index is 10.7. The lowest BCUT2D eigenvalue weighted by Gasteiger charge is -2.58. The summed E-state index contributed by atoms with van der Waals surface area (Å²) in [5.41, 5.74) is 0.356. The van der Waals surface area contributed by atoms with E-state index in [1.807, 2.05) is 0 Å². The number of ether oxygens (including phenoxy) is 1. The van der Waals surface area contributed by atoms with Crippen LogP contribution in [-0.2, 0) is 4.74 Å². The third-order valence-electron chi connectivity index (χ3n) is 4.39. The molecule has 0 aromatic heterocycles. The van der Waals surface area contributed by atoms with Gasteiger partial charge in [-0.25, -0.2) is 4.79 Å². The smallest absolute Gasteiger partial charge is 0.407 e. The average molecular weight is 240 g/mol. The number of hydrogen-bond acceptors (Lipinski definition) is 3. The van der Waals surface area contributed by atoms with Gasteiger partial charge in [-0.3, -0.25) is 4.90 Å². The Kier molecular flexibility index (Phi) is 2.75. The van der Waals surface area contributed by atoms with Crippen LogP contribution in [0.4, 0.5) is 4.79 Å². The summed E-state index contributed by atoms with van der Waals surface area (Å²) in [5, 5.41) is 8.82. The first-order valence-corrected chi connectivity index (χ1v) is 6.45. The third-order valence-corrected chi connectivity index (χ3v) is 4.39. The summed E-state index contributed by atoms with van der Waals surface area (Å²) in [6, 6.07) is 0. The standard InChI is InChI=1S/C12H20N2O3/c15-11(16)14-8-12(9-14)5-10(6-12)7-13-1-3-17-4-2-13/h10H,1-9H2,(H,15,16). The monoisotopic (exact) mass is 240 g/mol. The lowest BCUT2D eigenvalue weighted by molar-refractivity contribution is -0.0917. The van der Waals surface area contributed by atoms with E-state index in [1.165, 1.54) is 24.3 Å². The lowest BCUT2D eigenvalue weighted by atomic mass is 9.57. The zero-order chi connectivity index (χ0) is 11.9. The van der Waals surface area contributed by atoms with Crippen LogP contribution in [0.1, 0.15) is 12.8 Å². The van der Waals surface area contributed by atoms with Crippen molar-refractivity contribution in [3.8, 4) is 0 Å². The van der Waals surface area contributed by atoms with Crippen molar-refractivity contribution in [3.05, 3.63) is 0 Å². The van der Waals surface area contributed by atoms with E-state index in [9.17, 15) is 4.79 Å². The molecule has 5 heteroatoms. The molecule has 0 atom stereocenters. The molecule has 1 amide bonds. The molecular formula is C12H20N2O3. The molecule has 0 unspecified atom stereocenters. The fourth-order valence-corrected chi connectivity index (χ4v) is 3.60. The summed E-state index contributed by atoms with van der Waals surface area (Å²) in [6.07, 6.45) is 1.68. The van der Waals surface area contributed by atoms with Crippen molar-refractivity contribution in [2.75, 3.05) is 45.9 Å². The fraction of sp³-hybridized carbons (Fsp3) is 0.917. The molecule has 0 aromatic carbocycles. The van der Waals surface area contributed by atoms with Crippen LogP contribution < -0.4 is 0 Å². The second-order valence-corrected chi connectivity index (χ2v) is 5.83. The van der Waals surface area contributed by atoms with Gasteiger partial charge in [-0.1, -0.05) is 0 Å². The molecule has 5 nitrogen and oxygen atoms in total. The van der Waals surface area contributed by atoms with Crippen LogP contribution in [0.5, 0.6) is 0 Å². The first kappa shape index (κ1) is 11.3. The molecule has 3 aliphatic rings. The predicted octanol–water partition coefficient (Wildman–Crippen LogP) is 0.709. The number of morpholine rings is 1. The molecule has 0 aromatic rings. The molecule has 2 aliphatic heterocycles. The van der Waals surface area contributed by atoms with Gasteiger partial charge in [-0.05, 0) is 18.8 Å². The lowest BCUT2D eigenvalue weighted by Crippen LogP contribution is -2.64. The number of carbonyl (C=O) groups is 1. The van der Waals surface area contributed by atoms with Gasteiger partial charge in [0.05, 0.1) is 13.2 Å². The first-order chi connectivity index (χ1) is 8.17. The van der Waals surface area contributed by atoms with Crippen molar-refractivity contribution in [1.29, 1.82) is 0 Å². The zero-order valence-electron chi connectivity index (χ0n) is 10.1. The Bertz CT molecular complexity index is 301. The Balaban J connectivity index is 1.39. The van der Waals surface area contributed by atoms with Crippen LogP contribution in [0.2, 0.25) is 0 Å². The van der Waals surface area contributed by atoms with E-state index in [2.05, 4.69) is 4.90 Å². The van der Waals surface area contributed by atoms with Crippen LogP contribution in [0.25, 0.3) is 0 Å². The van der Waals surface area contributed by atoms with E-state index in [0.29, 0.717) is 5.41 Å². The van der Waals surface area contributed by atoms with Crippen LogP contribution in [-0.4, -0.2) is 66.9 Å². The van der Waals surface area contributed by atoms with E-state index < -0.39 is 6.09 Å². The molecule has 0 radical (unpaired) electrons. The highest BCUT2D eigenvalue weighted by atomic mass is 16.5.